The number of hydrogen-bond donors (Lipinski definition) is 0. The van der Waals surface area contributed by atoms with E-state index in [0.29, 0.717) is 5.56 Å². The number of methoxy groups -OCH3 is 1. The minimum atomic E-state index is -0.943. The summed E-state index contributed by atoms with van der Waals surface area (Å²) in [6.45, 7) is 4.13. The van der Waals surface area contributed by atoms with Gasteiger partial charge in [0.25, 0.3) is 0 Å². The SMILES string of the molecule is COc1ccc(C2(c3cccc(C)c3)C=Cc3c(cc(C)c4ccccc34)O2)cc1F. The van der Waals surface area contributed by atoms with Crippen molar-refractivity contribution in [3.8, 4) is 11.5 Å². The molecule has 2 nitrogen and oxygen atoms in total. The van der Waals surface area contributed by atoms with E-state index in [1.165, 1.54) is 18.6 Å². The van der Waals surface area contributed by atoms with Gasteiger partial charge in [0.15, 0.2) is 17.2 Å². The van der Waals surface area contributed by atoms with Crippen LogP contribution in [0.1, 0.15) is 27.8 Å². The molecule has 1 atom stereocenters. The van der Waals surface area contributed by atoms with Crippen LogP contribution in [0.2, 0.25) is 0 Å². The zero-order valence-corrected chi connectivity index (χ0v) is 17.8. The van der Waals surface area contributed by atoms with Gasteiger partial charge in [-0.15, -0.1) is 0 Å². The molecular weight excluding hydrogens is 387 g/mol. The van der Waals surface area contributed by atoms with Crippen molar-refractivity contribution in [2.75, 3.05) is 7.11 Å². The Hall–Kier alpha value is -3.59. The highest BCUT2D eigenvalue weighted by atomic mass is 19.1. The summed E-state index contributed by atoms with van der Waals surface area (Å²) in [6, 6.07) is 23.6. The van der Waals surface area contributed by atoms with Gasteiger partial charge in [0.05, 0.1) is 7.11 Å². The molecule has 0 spiro atoms. The molecule has 0 aliphatic carbocycles. The van der Waals surface area contributed by atoms with Crippen LogP contribution in [0.3, 0.4) is 0 Å². The molecule has 31 heavy (non-hydrogen) atoms. The van der Waals surface area contributed by atoms with E-state index in [2.05, 4.69) is 37.3 Å². The number of hydrogen-bond acceptors (Lipinski definition) is 2. The molecule has 0 saturated heterocycles. The Balaban J connectivity index is 1.76. The summed E-state index contributed by atoms with van der Waals surface area (Å²) >= 11 is 0. The van der Waals surface area contributed by atoms with Crippen molar-refractivity contribution < 1.29 is 13.9 Å². The first-order chi connectivity index (χ1) is 15.0. The van der Waals surface area contributed by atoms with Crippen molar-refractivity contribution in [1.82, 2.24) is 0 Å². The van der Waals surface area contributed by atoms with Crippen LogP contribution in [0.15, 0.2) is 78.9 Å². The summed E-state index contributed by atoms with van der Waals surface area (Å²) in [5.41, 5.74) is 4.01. The van der Waals surface area contributed by atoms with Gasteiger partial charge in [-0.3, -0.25) is 0 Å². The first kappa shape index (κ1) is 19.4. The van der Waals surface area contributed by atoms with Crippen molar-refractivity contribution in [3.05, 3.63) is 113 Å². The van der Waals surface area contributed by atoms with Gasteiger partial charge < -0.3 is 9.47 Å². The summed E-state index contributed by atoms with van der Waals surface area (Å²) in [4.78, 5) is 0. The first-order valence-electron chi connectivity index (χ1n) is 10.3. The molecule has 1 heterocycles. The molecule has 0 bridgehead atoms. The van der Waals surface area contributed by atoms with Crippen molar-refractivity contribution in [2.45, 2.75) is 19.4 Å². The van der Waals surface area contributed by atoms with Gasteiger partial charge in [-0.2, -0.15) is 0 Å². The highest BCUT2D eigenvalue weighted by molar-refractivity contribution is 5.96. The quantitative estimate of drug-likeness (QED) is 0.364. The van der Waals surface area contributed by atoms with E-state index in [1.54, 1.807) is 6.07 Å². The standard InChI is InChI=1S/C28H23FO2/c1-18-7-6-8-20(15-18)28(21-11-12-26(30-3)25(29)17-21)14-13-24-23-10-5-4-9-22(23)19(2)16-27(24)31-28/h4-17H,1-3H3. The average molecular weight is 410 g/mol. The molecule has 0 radical (unpaired) electrons. The predicted octanol–water partition coefficient (Wildman–Crippen LogP) is 6.95. The molecule has 0 fully saturated rings. The normalized spacial score (nSPS) is 17.3. The molecule has 0 N–H and O–H groups in total. The minimum Gasteiger partial charge on any atom is -0.494 e. The molecule has 0 aromatic heterocycles. The van der Waals surface area contributed by atoms with Gasteiger partial charge in [-0.05, 0) is 60.5 Å². The topological polar surface area (TPSA) is 18.5 Å². The van der Waals surface area contributed by atoms with Gasteiger partial charge in [-0.1, -0.05) is 60.2 Å². The number of fused-ring (bicyclic) bond motifs is 3. The summed E-state index contributed by atoms with van der Waals surface area (Å²) < 4.78 is 26.6. The van der Waals surface area contributed by atoms with Crippen molar-refractivity contribution in [1.29, 1.82) is 0 Å². The largest absolute Gasteiger partial charge is 0.494 e. The van der Waals surface area contributed by atoms with Gasteiger partial charge in [0.1, 0.15) is 5.75 Å². The Labute approximate surface area is 181 Å². The van der Waals surface area contributed by atoms with Crippen molar-refractivity contribution in [2.24, 2.45) is 0 Å². The van der Waals surface area contributed by atoms with E-state index in [-0.39, 0.29) is 5.75 Å². The summed E-state index contributed by atoms with van der Waals surface area (Å²) in [7, 11) is 1.47. The monoisotopic (exact) mass is 410 g/mol. The molecule has 0 saturated carbocycles. The zero-order chi connectivity index (χ0) is 21.6. The third-order valence-electron chi connectivity index (χ3n) is 6.04. The van der Waals surface area contributed by atoms with Crippen LogP contribution in [-0.2, 0) is 5.60 Å². The second-order valence-corrected chi connectivity index (χ2v) is 8.04. The Kier molecular flexibility index (Phi) is 4.55. The molecular formula is C28H23FO2. The van der Waals surface area contributed by atoms with Crippen molar-refractivity contribution in [3.63, 3.8) is 0 Å². The van der Waals surface area contributed by atoms with Gasteiger partial charge in [-0.25, -0.2) is 4.39 Å². The third-order valence-corrected chi connectivity index (χ3v) is 6.04. The fourth-order valence-corrected chi connectivity index (χ4v) is 4.46. The molecule has 3 heteroatoms. The lowest BCUT2D eigenvalue weighted by atomic mass is 9.82. The number of aryl methyl sites for hydroxylation is 2. The molecule has 154 valence electrons. The van der Waals surface area contributed by atoms with Gasteiger partial charge in [0.2, 0.25) is 0 Å². The van der Waals surface area contributed by atoms with Gasteiger partial charge in [0, 0.05) is 16.7 Å². The molecule has 4 aromatic rings. The fourth-order valence-electron chi connectivity index (χ4n) is 4.46. The zero-order valence-electron chi connectivity index (χ0n) is 17.8. The number of halogens is 1. The second-order valence-electron chi connectivity index (χ2n) is 8.04. The smallest absolute Gasteiger partial charge is 0.178 e. The Morgan fingerprint density at radius 2 is 1.61 bits per heavy atom. The van der Waals surface area contributed by atoms with E-state index in [0.717, 1.165) is 33.4 Å². The Morgan fingerprint density at radius 1 is 0.839 bits per heavy atom. The third kappa shape index (κ3) is 3.09. The average Bonchev–Trinajstić information content (AvgIpc) is 2.79. The van der Waals surface area contributed by atoms with Gasteiger partial charge >= 0.3 is 0 Å². The maximum Gasteiger partial charge on any atom is 0.178 e. The molecule has 4 aromatic carbocycles. The van der Waals surface area contributed by atoms with Crippen LogP contribution in [-0.4, -0.2) is 7.11 Å². The lowest BCUT2D eigenvalue weighted by Crippen LogP contribution is -2.34. The second kappa shape index (κ2) is 7.28. The van der Waals surface area contributed by atoms with E-state index in [1.807, 2.05) is 49.4 Å². The van der Waals surface area contributed by atoms with E-state index in [9.17, 15) is 4.39 Å². The fraction of sp³-hybridized carbons (Fsp3) is 0.143. The lowest BCUT2D eigenvalue weighted by Gasteiger charge is -2.37. The lowest BCUT2D eigenvalue weighted by molar-refractivity contribution is 0.160. The van der Waals surface area contributed by atoms with Crippen LogP contribution in [0.25, 0.3) is 16.8 Å². The molecule has 0 amide bonds. The summed E-state index contributed by atoms with van der Waals surface area (Å²) in [6.07, 6.45) is 4.14. The Morgan fingerprint density at radius 3 is 2.35 bits per heavy atom. The molecule has 1 unspecified atom stereocenters. The maximum absolute atomic E-state index is 14.7. The van der Waals surface area contributed by atoms with E-state index in [4.69, 9.17) is 9.47 Å². The summed E-state index contributed by atoms with van der Waals surface area (Å²) in [5.74, 6) is 0.589. The summed E-state index contributed by atoms with van der Waals surface area (Å²) in [5, 5.41) is 2.35. The van der Waals surface area contributed by atoms with Crippen LogP contribution in [0.4, 0.5) is 4.39 Å². The molecule has 5 rings (SSSR count). The van der Waals surface area contributed by atoms with Crippen LogP contribution < -0.4 is 9.47 Å². The molecule has 1 aliphatic heterocycles. The highest BCUT2D eigenvalue weighted by Crippen LogP contribution is 2.45. The predicted molar refractivity (Wildman–Crippen MR) is 123 cm³/mol. The van der Waals surface area contributed by atoms with Crippen LogP contribution >= 0.6 is 0 Å². The molecule has 1 aliphatic rings. The van der Waals surface area contributed by atoms with Crippen LogP contribution in [0, 0.1) is 19.7 Å². The number of benzene rings is 4. The Bertz CT molecular complexity index is 1340. The van der Waals surface area contributed by atoms with Crippen LogP contribution in [0.5, 0.6) is 11.5 Å². The minimum absolute atomic E-state index is 0.213. The van der Waals surface area contributed by atoms with E-state index < -0.39 is 11.4 Å². The van der Waals surface area contributed by atoms with Crippen molar-refractivity contribution >= 4 is 16.8 Å². The first-order valence-corrected chi connectivity index (χ1v) is 10.3. The number of ether oxygens (including phenoxy) is 2. The highest BCUT2D eigenvalue weighted by Gasteiger charge is 2.38. The number of rotatable bonds is 3. The maximum atomic E-state index is 14.7. The van der Waals surface area contributed by atoms with E-state index >= 15 is 0 Å².